The van der Waals surface area contributed by atoms with Crippen molar-refractivity contribution in [1.29, 1.82) is 0 Å². The third-order valence-corrected chi connectivity index (χ3v) is 5.78. The van der Waals surface area contributed by atoms with Gasteiger partial charge in [0, 0.05) is 24.5 Å². The smallest absolute Gasteiger partial charge is 0.212 e. The highest BCUT2D eigenvalue weighted by Gasteiger charge is 2.22. The quantitative estimate of drug-likeness (QED) is 0.629. The van der Waals surface area contributed by atoms with Crippen molar-refractivity contribution in [1.82, 2.24) is 14.9 Å². The van der Waals surface area contributed by atoms with Crippen LogP contribution in [0.5, 0.6) is 5.75 Å². The molecule has 0 spiro atoms. The second-order valence-corrected chi connectivity index (χ2v) is 7.32. The van der Waals surface area contributed by atoms with Gasteiger partial charge in [-0.25, -0.2) is 0 Å². The molecule has 28 heavy (non-hydrogen) atoms. The molecule has 0 radical (unpaired) electrons. The van der Waals surface area contributed by atoms with Crippen LogP contribution in [0.15, 0.2) is 58.8 Å². The third-order valence-electron chi connectivity index (χ3n) is 4.85. The molecule has 2 heterocycles. The van der Waals surface area contributed by atoms with Gasteiger partial charge in [-0.05, 0) is 43.7 Å². The summed E-state index contributed by atoms with van der Waals surface area (Å²) in [5, 5.41) is 14.3. The van der Waals surface area contributed by atoms with Gasteiger partial charge >= 0.3 is 0 Å². The molecule has 0 amide bonds. The number of rotatable bonds is 6. The molecule has 0 unspecified atom stereocenters. The topological polar surface area (TPSA) is 55.5 Å². The number of hydrogen-bond donors (Lipinski definition) is 0. The fourth-order valence-electron chi connectivity index (χ4n) is 3.32. The van der Waals surface area contributed by atoms with E-state index in [1.165, 1.54) is 5.69 Å². The molecule has 6 nitrogen and oxygen atoms in total. The normalized spacial score (nSPS) is 13.0. The minimum Gasteiger partial charge on any atom is -0.496 e. The van der Waals surface area contributed by atoms with Crippen LogP contribution in [0.25, 0.3) is 11.4 Å². The molecule has 0 saturated carbocycles. The molecule has 0 aliphatic carbocycles. The molecule has 0 bridgehead atoms. The van der Waals surface area contributed by atoms with Gasteiger partial charge in [0.05, 0.1) is 18.4 Å². The minimum atomic E-state index is 0.692. The molecule has 4 rings (SSSR count). The van der Waals surface area contributed by atoms with E-state index in [-0.39, 0.29) is 0 Å². The number of benzene rings is 2. The summed E-state index contributed by atoms with van der Waals surface area (Å²) in [5.74, 6) is 2.22. The maximum absolute atomic E-state index is 5.49. The Bertz CT molecular complexity index is 992. The maximum Gasteiger partial charge on any atom is 0.212 e. The largest absolute Gasteiger partial charge is 0.496 e. The molecule has 0 fully saturated rings. The molecule has 0 N–H and O–H groups in total. The van der Waals surface area contributed by atoms with Gasteiger partial charge in [0.2, 0.25) is 5.16 Å². The lowest BCUT2D eigenvalue weighted by Gasteiger charge is -2.21. The van der Waals surface area contributed by atoms with Crippen molar-refractivity contribution in [2.75, 3.05) is 30.9 Å². The van der Waals surface area contributed by atoms with Crippen LogP contribution in [0, 0.1) is 0 Å². The highest BCUT2D eigenvalue weighted by Crippen LogP contribution is 2.33. The summed E-state index contributed by atoms with van der Waals surface area (Å²) in [6.45, 7) is 6.34. The van der Waals surface area contributed by atoms with Crippen molar-refractivity contribution in [3.8, 4) is 17.1 Å². The van der Waals surface area contributed by atoms with Gasteiger partial charge < -0.3 is 9.64 Å². The Hall–Kier alpha value is -2.80. The SMILES string of the molecule is CCN(CC)c1ccc(C2=Nn3c(nnc3-c3ccccc3OC)SC2)cc1. The zero-order valence-corrected chi connectivity index (χ0v) is 17.1. The Kier molecular flexibility index (Phi) is 5.34. The van der Waals surface area contributed by atoms with E-state index < -0.39 is 0 Å². The average molecular weight is 394 g/mol. The number of hydrogen-bond acceptors (Lipinski definition) is 6. The standard InChI is InChI=1S/C21H23N5OS/c1-4-25(5-2)16-12-10-15(11-13-16)18-14-28-21-23-22-20(26(21)24-18)17-8-6-7-9-19(17)27-3/h6-13H,4-5,14H2,1-3H3. The molecule has 0 saturated heterocycles. The fourth-order valence-corrected chi connectivity index (χ4v) is 4.16. The van der Waals surface area contributed by atoms with Gasteiger partial charge in [-0.15, -0.1) is 10.2 Å². The highest BCUT2D eigenvalue weighted by molar-refractivity contribution is 7.99. The van der Waals surface area contributed by atoms with E-state index in [9.17, 15) is 0 Å². The first-order chi connectivity index (χ1) is 13.7. The number of nitrogens with zero attached hydrogens (tertiary/aromatic N) is 5. The lowest BCUT2D eigenvalue weighted by molar-refractivity contribution is 0.416. The van der Waals surface area contributed by atoms with Crippen molar-refractivity contribution in [3.63, 3.8) is 0 Å². The zero-order valence-electron chi connectivity index (χ0n) is 16.3. The second kappa shape index (κ2) is 8.06. The lowest BCUT2D eigenvalue weighted by atomic mass is 10.1. The van der Waals surface area contributed by atoms with Crippen LogP contribution in [0.3, 0.4) is 0 Å². The molecule has 0 atom stereocenters. The molecule has 1 aliphatic rings. The van der Waals surface area contributed by atoms with Crippen LogP contribution < -0.4 is 9.64 Å². The summed E-state index contributed by atoms with van der Waals surface area (Å²) in [6, 6.07) is 16.4. The van der Waals surface area contributed by atoms with E-state index in [1.54, 1.807) is 18.9 Å². The van der Waals surface area contributed by atoms with E-state index in [1.807, 2.05) is 28.9 Å². The van der Waals surface area contributed by atoms with Gasteiger partial charge in [0.15, 0.2) is 5.82 Å². The number of anilines is 1. The van der Waals surface area contributed by atoms with Crippen LogP contribution in [0.2, 0.25) is 0 Å². The molecule has 1 aliphatic heterocycles. The van der Waals surface area contributed by atoms with Gasteiger partial charge in [-0.3, -0.25) is 0 Å². The fraction of sp³-hybridized carbons (Fsp3) is 0.286. The first-order valence-corrected chi connectivity index (χ1v) is 10.4. The van der Waals surface area contributed by atoms with Crippen molar-refractivity contribution in [2.45, 2.75) is 19.0 Å². The van der Waals surface area contributed by atoms with E-state index >= 15 is 0 Å². The van der Waals surface area contributed by atoms with Crippen LogP contribution in [0.4, 0.5) is 5.69 Å². The van der Waals surface area contributed by atoms with Crippen LogP contribution >= 0.6 is 11.8 Å². The number of para-hydroxylation sites is 1. The Morgan fingerprint density at radius 3 is 2.50 bits per heavy atom. The van der Waals surface area contributed by atoms with Crippen molar-refractivity contribution in [3.05, 3.63) is 54.1 Å². The predicted molar refractivity (Wildman–Crippen MR) is 115 cm³/mol. The number of aromatic nitrogens is 3. The number of thioether (sulfide) groups is 1. The summed E-state index contributed by atoms with van der Waals surface area (Å²) in [6.07, 6.45) is 0. The first kappa shape index (κ1) is 18.6. The second-order valence-electron chi connectivity index (χ2n) is 6.37. The molecular formula is C21H23N5OS. The van der Waals surface area contributed by atoms with Gasteiger partial charge in [-0.1, -0.05) is 36.0 Å². The Labute approximate surface area is 169 Å². The van der Waals surface area contributed by atoms with Crippen molar-refractivity contribution >= 4 is 23.2 Å². The monoisotopic (exact) mass is 393 g/mol. The van der Waals surface area contributed by atoms with Crippen molar-refractivity contribution < 1.29 is 4.74 Å². The highest BCUT2D eigenvalue weighted by atomic mass is 32.2. The van der Waals surface area contributed by atoms with Gasteiger partial charge in [0.25, 0.3) is 0 Å². The molecule has 144 valence electrons. The Morgan fingerprint density at radius 1 is 1.04 bits per heavy atom. The van der Waals surface area contributed by atoms with Gasteiger partial charge in [0.1, 0.15) is 5.75 Å². The number of methoxy groups -OCH3 is 1. The molecule has 7 heteroatoms. The molecule has 2 aromatic carbocycles. The minimum absolute atomic E-state index is 0.692. The Morgan fingerprint density at radius 2 is 1.79 bits per heavy atom. The number of ether oxygens (including phenoxy) is 1. The van der Waals surface area contributed by atoms with Crippen molar-refractivity contribution in [2.24, 2.45) is 5.10 Å². The molecule has 3 aromatic rings. The summed E-state index contributed by atoms with van der Waals surface area (Å²) in [4.78, 5) is 2.33. The molecule has 1 aromatic heterocycles. The summed E-state index contributed by atoms with van der Waals surface area (Å²) in [5.41, 5.74) is 4.25. The average Bonchev–Trinajstić information content (AvgIpc) is 3.18. The van der Waals surface area contributed by atoms with Gasteiger partial charge in [-0.2, -0.15) is 9.78 Å². The van der Waals surface area contributed by atoms with E-state index in [0.717, 1.165) is 46.6 Å². The summed E-state index contributed by atoms with van der Waals surface area (Å²) >= 11 is 1.65. The maximum atomic E-state index is 5.49. The lowest BCUT2D eigenvalue weighted by Crippen LogP contribution is -2.21. The number of fused-ring (bicyclic) bond motifs is 1. The van der Waals surface area contributed by atoms with Crippen LogP contribution in [-0.4, -0.2) is 46.5 Å². The van der Waals surface area contributed by atoms with E-state index in [4.69, 9.17) is 9.84 Å². The zero-order chi connectivity index (χ0) is 19.5. The third kappa shape index (κ3) is 3.38. The summed E-state index contributed by atoms with van der Waals surface area (Å²) in [7, 11) is 1.66. The van der Waals surface area contributed by atoms with Crippen LogP contribution in [-0.2, 0) is 0 Å². The summed E-state index contributed by atoms with van der Waals surface area (Å²) < 4.78 is 7.31. The molecular weight excluding hydrogens is 370 g/mol. The van der Waals surface area contributed by atoms with Crippen LogP contribution in [0.1, 0.15) is 19.4 Å². The first-order valence-electron chi connectivity index (χ1n) is 9.40. The van der Waals surface area contributed by atoms with E-state index in [2.05, 4.69) is 53.2 Å². The Balaban J connectivity index is 1.70. The van der Waals surface area contributed by atoms with E-state index in [0.29, 0.717) is 5.82 Å². The predicted octanol–water partition coefficient (Wildman–Crippen LogP) is 4.16.